The van der Waals surface area contributed by atoms with Gasteiger partial charge < -0.3 is 30.5 Å². The minimum Gasteiger partial charge on any atom is -0.423 e. The summed E-state index contributed by atoms with van der Waals surface area (Å²) in [5, 5.41) is 16.3. The Labute approximate surface area is 204 Å². The fourth-order valence-corrected chi connectivity index (χ4v) is 3.66. The standard InChI is InChI=1S/C26H30N6O3/c1-19-3-4-21(25(33)29-11-12-32-13-15-34-16-14-32)17-23(19)31-26-30-18-24(35-26)20-5-7-22(8-6-20)28-10-2-9-27/h2-10,17-18,27-28H,11-16H2,1H3,(H,29,33)(H,30,31)/b10-2-,27-9?. The van der Waals surface area contributed by atoms with Crippen LogP contribution >= 0.6 is 0 Å². The highest BCUT2D eigenvalue weighted by atomic mass is 16.5. The smallest absolute Gasteiger partial charge is 0.299 e. The predicted molar refractivity (Wildman–Crippen MR) is 138 cm³/mol. The van der Waals surface area contributed by atoms with Gasteiger partial charge in [0, 0.05) is 61.1 Å². The van der Waals surface area contributed by atoms with Crippen LogP contribution in [0.3, 0.4) is 0 Å². The average molecular weight is 475 g/mol. The summed E-state index contributed by atoms with van der Waals surface area (Å²) < 4.78 is 11.3. The third-order valence-electron chi connectivity index (χ3n) is 5.68. The van der Waals surface area contributed by atoms with Gasteiger partial charge in [0.15, 0.2) is 5.76 Å². The Morgan fingerprint density at radius 3 is 2.74 bits per heavy atom. The van der Waals surface area contributed by atoms with Crippen LogP contribution in [0.2, 0.25) is 0 Å². The Hall–Kier alpha value is -3.95. The summed E-state index contributed by atoms with van der Waals surface area (Å²) in [6.45, 7) is 6.65. The molecule has 1 amide bonds. The van der Waals surface area contributed by atoms with Crippen LogP contribution in [0, 0.1) is 12.3 Å². The molecule has 9 heteroatoms. The number of amides is 1. The van der Waals surface area contributed by atoms with E-state index in [9.17, 15) is 4.79 Å². The quantitative estimate of drug-likeness (QED) is 0.328. The molecule has 2 aromatic carbocycles. The number of benzene rings is 2. The number of morpholine rings is 1. The zero-order valence-corrected chi connectivity index (χ0v) is 19.7. The fraction of sp³-hybridized carbons (Fsp3) is 0.269. The third kappa shape index (κ3) is 6.78. The van der Waals surface area contributed by atoms with Gasteiger partial charge in [-0.3, -0.25) is 9.69 Å². The second-order valence-electron chi connectivity index (χ2n) is 8.14. The first-order valence-electron chi connectivity index (χ1n) is 11.6. The molecule has 0 aliphatic carbocycles. The van der Waals surface area contributed by atoms with Crippen LogP contribution in [0.15, 0.2) is 65.4 Å². The van der Waals surface area contributed by atoms with Crippen molar-refractivity contribution in [1.29, 1.82) is 5.41 Å². The van der Waals surface area contributed by atoms with Gasteiger partial charge in [0.05, 0.1) is 19.4 Å². The summed E-state index contributed by atoms with van der Waals surface area (Å²) in [6, 6.07) is 13.6. The summed E-state index contributed by atoms with van der Waals surface area (Å²) >= 11 is 0. The third-order valence-corrected chi connectivity index (χ3v) is 5.68. The summed E-state index contributed by atoms with van der Waals surface area (Å²) in [6.07, 6.45) is 6.17. The first-order valence-corrected chi connectivity index (χ1v) is 11.6. The van der Waals surface area contributed by atoms with E-state index in [1.807, 2.05) is 49.4 Å². The van der Waals surface area contributed by atoms with E-state index < -0.39 is 0 Å². The molecule has 1 aliphatic rings. The molecule has 1 aromatic heterocycles. The summed E-state index contributed by atoms with van der Waals surface area (Å²) in [4.78, 5) is 19.3. The zero-order valence-electron chi connectivity index (χ0n) is 19.7. The maximum Gasteiger partial charge on any atom is 0.299 e. The number of hydrogen-bond donors (Lipinski definition) is 4. The molecular weight excluding hydrogens is 444 g/mol. The lowest BCUT2D eigenvalue weighted by atomic mass is 10.1. The molecule has 182 valence electrons. The van der Waals surface area contributed by atoms with Crippen molar-refractivity contribution >= 4 is 29.5 Å². The summed E-state index contributed by atoms with van der Waals surface area (Å²) in [5.41, 5.74) is 4.10. The molecule has 1 aliphatic heterocycles. The van der Waals surface area contributed by atoms with E-state index in [1.54, 1.807) is 18.5 Å². The second-order valence-corrected chi connectivity index (χ2v) is 8.14. The van der Waals surface area contributed by atoms with E-state index in [0.29, 0.717) is 23.9 Å². The molecule has 0 spiro atoms. The van der Waals surface area contributed by atoms with Gasteiger partial charge in [-0.15, -0.1) is 0 Å². The minimum atomic E-state index is -0.112. The molecule has 0 unspecified atom stereocenters. The lowest BCUT2D eigenvalue weighted by molar-refractivity contribution is 0.0383. The molecule has 4 N–H and O–H groups in total. The second kappa shape index (κ2) is 12.0. The van der Waals surface area contributed by atoms with Crippen LogP contribution in [0.25, 0.3) is 11.3 Å². The lowest BCUT2D eigenvalue weighted by Crippen LogP contribution is -2.41. The number of rotatable bonds is 10. The van der Waals surface area contributed by atoms with E-state index in [1.165, 1.54) is 6.21 Å². The molecule has 9 nitrogen and oxygen atoms in total. The van der Waals surface area contributed by atoms with Crippen molar-refractivity contribution in [3.63, 3.8) is 0 Å². The Balaban J connectivity index is 1.36. The zero-order chi connectivity index (χ0) is 24.5. The number of anilines is 3. The normalized spacial score (nSPS) is 14.1. The Morgan fingerprint density at radius 2 is 1.97 bits per heavy atom. The van der Waals surface area contributed by atoms with Crippen molar-refractivity contribution in [1.82, 2.24) is 15.2 Å². The van der Waals surface area contributed by atoms with Crippen LogP contribution < -0.4 is 16.0 Å². The summed E-state index contributed by atoms with van der Waals surface area (Å²) in [5.74, 6) is 0.516. The molecule has 1 saturated heterocycles. The van der Waals surface area contributed by atoms with E-state index >= 15 is 0 Å². The predicted octanol–water partition coefficient (Wildman–Crippen LogP) is 4.03. The Morgan fingerprint density at radius 1 is 1.17 bits per heavy atom. The number of ether oxygens (including phenoxy) is 1. The molecule has 0 atom stereocenters. The van der Waals surface area contributed by atoms with Crippen molar-refractivity contribution in [3.05, 3.63) is 72.1 Å². The fourth-order valence-electron chi connectivity index (χ4n) is 3.66. The van der Waals surface area contributed by atoms with Crippen LogP contribution in [0.4, 0.5) is 17.4 Å². The number of nitrogens with zero attached hydrogens (tertiary/aromatic N) is 2. The highest BCUT2D eigenvalue weighted by Crippen LogP contribution is 2.27. The van der Waals surface area contributed by atoms with Crippen molar-refractivity contribution in [2.45, 2.75) is 6.92 Å². The van der Waals surface area contributed by atoms with Gasteiger partial charge in [-0.25, -0.2) is 4.98 Å². The van der Waals surface area contributed by atoms with Gasteiger partial charge >= 0.3 is 0 Å². The maximum absolute atomic E-state index is 12.7. The van der Waals surface area contributed by atoms with Crippen molar-refractivity contribution in [2.24, 2.45) is 0 Å². The molecule has 0 saturated carbocycles. The highest BCUT2D eigenvalue weighted by molar-refractivity contribution is 5.95. The maximum atomic E-state index is 12.7. The van der Waals surface area contributed by atoms with Gasteiger partial charge in [-0.05, 0) is 55.0 Å². The van der Waals surface area contributed by atoms with E-state index in [2.05, 4.69) is 25.8 Å². The number of oxazole rings is 1. The average Bonchev–Trinajstić information content (AvgIpc) is 3.35. The molecule has 0 bridgehead atoms. The number of carbonyl (C=O) groups is 1. The number of nitrogens with one attached hydrogen (secondary N) is 4. The van der Waals surface area contributed by atoms with E-state index in [-0.39, 0.29) is 5.91 Å². The highest BCUT2D eigenvalue weighted by Gasteiger charge is 2.13. The van der Waals surface area contributed by atoms with Gasteiger partial charge in [-0.2, -0.15) is 0 Å². The van der Waals surface area contributed by atoms with Crippen molar-refractivity contribution < 1.29 is 13.9 Å². The first kappa shape index (κ1) is 24.2. The van der Waals surface area contributed by atoms with Gasteiger partial charge in [0.2, 0.25) is 0 Å². The number of allylic oxidation sites excluding steroid dienone is 1. The molecule has 3 aromatic rings. The van der Waals surface area contributed by atoms with E-state index in [4.69, 9.17) is 14.6 Å². The monoisotopic (exact) mass is 474 g/mol. The lowest BCUT2D eigenvalue weighted by Gasteiger charge is -2.26. The number of carbonyl (C=O) groups excluding carboxylic acids is 1. The largest absolute Gasteiger partial charge is 0.423 e. The number of aryl methyl sites for hydroxylation is 1. The molecule has 35 heavy (non-hydrogen) atoms. The molecule has 0 radical (unpaired) electrons. The van der Waals surface area contributed by atoms with Crippen LogP contribution in [0.1, 0.15) is 15.9 Å². The first-order chi connectivity index (χ1) is 17.1. The van der Waals surface area contributed by atoms with Crippen LogP contribution in [0.5, 0.6) is 0 Å². The van der Waals surface area contributed by atoms with Gasteiger partial charge in [0.25, 0.3) is 11.9 Å². The molecular formula is C26H30N6O3. The molecule has 4 rings (SSSR count). The van der Waals surface area contributed by atoms with Crippen molar-refractivity contribution in [3.8, 4) is 11.3 Å². The van der Waals surface area contributed by atoms with Crippen LogP contribution in [-0.4, -0.2) is 61.4 Å². The molecule has 2 heterocycles. The Kier molecular flexibility index (Phi) is 8.26. The van der Waals surface area contributed by atoms with Gasteiger partial charge in [0.1, 0.15) is 0 Å². The summed E-state index contributed by atoms with van der Waals surface area (Å²) in [7, 11) is 0. The van der Waals surface area contributed by atoms with Crippen molar-refractivity contribution in [2.75, 3.05) is 50.0 Å². The number of aromatic nitrogens is 1. The van der Waals surface area contributed by atoms with E-state index in [0.717, 1.165) is 55.3 Å². The van der Waals surface area contributed by atoms with Crippen LogP contribution in [-0.2, 0) is 4.74 Å². The Bertz CT molecular complexity index is 1170. The van der Waals surface area contributed by atoms with Gasteiger partial charge in [-0.1, -0.05) is 6.07 Å². The molecule has 1 fully saturated rings. The topological polar surface area (TPSA) is 116 Å². The SMILES string of the molecule is Cc1ccc(C(=O)NCCN2CCOCC2)cc1Nc1ncc(-c2ccc(N/C=C\C=N)cc2)o1. The number of hydrogen-bond acceptors (Lipinski definition) is 8. The minimum absolute atomic E-state index is 0.112.